The molecule has 5 atom stereocenters. The predicted molar refractivity (Wildman–Crippen MR) is 175 cm³/mol. The topological polar surface area (TPSA) is 107 Å². The maximum Gasteiger partial charge on any atom is 0.303 e. The van der Waals surface area contributed by atoms with Gasteiger partial charge in [-0.2, -0.15) is 0 Å². The van der Waals surface area contributed by atoms with Gasteiger partial charge in [-0.1, -0.05) is 114 Å². The first kappa shape index (κ1) is 34.6. The predicted octanol–water partition coefficient (Wildman–Crippen LogP) is 5.75. The van der Waals surface area contributed by atoms with Gasteiger partial charge in [0.1, 0.15) is 11.7 Å². The Bertz CT molecular complexity index is 1270. The number of hydrogen-bond acceptors (Lipinski definition) is 9. The molecule has 0 radical (unpaired) electrons. The van der Waals surface area contributed by atoms with E-state index in [0.717, 1.165) is 34.0 Å². The molecular formula is C35H39IO9. The summed E-state index contributed by atoms with van der Waals surface area (Å²) in [6.45, 7) is 3.92. The minimum absolute atomic E-state index is 0.116. The number of ether oxygens (including phenoxy) is 6. The Morgan fingerprint density at radius 1 is 0.667 bits per heavy atom. The largest absolute Gasteiger partial charge is 0.456 e. The highest BCUT2D eigenvalue weighted by molar-refractivity contribution is 14.1. The molecule has 4 rings (SSSR count). The number of hydrogen-bond donors (Lipinski definition) is 0. The number of carbonyl (C=O) groups is 3. The van der Waals surface area contributed by atoms with Gasteiger partial charge in [0, 0.05) is 27.4 Å². The standard InChI is InChI=1S/C35H39IO9/c1-24(37)42-31-30(45-34(40-22-14-13-21-36)33(44-26(3)39)32(31)43-25(2)38)23-41-35(27-15-7-4-8-16-27,28-17-9-5-10-18-28)29-19-11-6-12-20-29/h4-12,15-20,30-34H,13-14,21-23H2,1-3H3/t30-,31-,32+,33-,34+/m1/s1. The zero-order chi connectivity index (χ0) is 32.2. The Morgan fingerprint density at radius 3 is 1.56 bits per heavy atom. The summed E-state index contributed by atoms with van der Waals surface area (Å²) in [5, 5.41) is 0. The van der Waals surface area contributed by atoms with Crippen molar-refractivity contribution in [2.24, 2.45) is 0 Å². The van der Waals surface area contributed by atoms with E-state index in [1.807, 2.05) is 91.0 Å². The Hall–Kier alpha value is -3.32. The van der Waals surface area contributed by atoms with E-state index >= 15 is 0 Å². The van der Waals surface area contributed by atoms with Crippen LogP contribution in [0.3, 0.4) is 0 Å². The molecule has 1 aliphatic rings. The highest BCUT2D eigenvalue weighted by atomic mass is 127. The highest BCUT2D eigenvalue weighted by Crippen LogP contribution is 2.41. The van der Waals surface area contributed by atoms with Crippen molar-refractivity contribution >= 4 is 40.5 Å². The second kappa shape index (κ2) is 16.8. The molecule has 0 aliphatic carbocycles. The zero-order valence-electron chi connectivity index (χ0n) is 25.6. The van der Waals surface area contributed by atoms with E-state index in [4.69, 9.17) is 28.4 Å². The lowest BCUT2D eigenvalue weighted by molar-refractivity contribution is -0.311. The summed E-state index contributed by atoms with van der Waals surface area (Å²) in [7, 11) is 0. The smallest absolute Gasteiger partial charge is 0.303 e. The summed E-state index contributed by atoms with van der Waals surface area (Å²) < 4.78 is 37.4. The molecule has 0 spiro atoms. The quantitative estimate of drug-likeness (QED) is 0.0513. The second-order valence-corrected chi connectivity index (χ2v) is 11.7. The summed E-state index contributed by atoms with van der Waals surface area (Å²) >= 11 is 2.29. The van der Waals surface area contributed by atoms with Gasteiger partial charge in [0.2, 0.25) is 0 Å². The average molecular weight is 731 g/mol. The van der Waals surface area contributed by atoms with Crippen LogP contribution in [0, 0.1) is 0 Å². The number of alkyl halides is 1. The first-order valence-corrected chi connectivity index (χ1v) is 16.4. The van der Waals surface area contributed by atoms with Crippen molar-refractivity contribution in [3.05, 3.63) is 108 Å². The van der Waals surface area contributed by atoms with Crippen LogP contribution in [-0.4, -0.2) is 66.3 Å². The van der Waals surface area contributed by atoms with Gasteiger partial charge >= 0.3 is 17.9 Å². The summed E-state index contributed by atoms with van der Waals surface area (Å²) in [6, 6.07) is 29.4. The van der Waals surface area contributed by atoms with Crippen LogP contribution in [0.4, 0.5) is 0 Å². The molecule has 0 bridgehead atoms. The molecular weight excluding hydrogens is 691 g/mol. The van der Waals surface area contributed by atoms with Crippen molar-refractivity contribution < 1.29 is 42.8 Å². The molecule has 9 nitrogen and oxygen atoms in total. The van der Waals surface area contributed by atoms with Gasteiger partial charge in [0.15, 0.2) is 24.6 Å². The summed E-state index contributed by atoms with van der Waals surface area (Å²) in [5.74, 6) is -1.91. The van der Waals surface area contributed by atoms with Gasteiger partial charge < -0.3 is 28.4 Å². The van der Waals surface area contributed by atoms with E-state index in [0.29, 0.717) is 6.61 Å². The summed E-state index contributed by atoms with van der Waals surface area (Å²) in [4.78, 5) is 36.9. The Morgan fingerprint density at radius 2 is 1.11 bits per heavy atom. The molecule has 240 valence electrons. The fourth-order valence-electron chi connectivity index (χ4n) is 5.50. The maximum absolute atomic E-state index is 12.4. The minimum Gasteiger partial charge on any atom is -0.456 e. The molecule has 0 saturated carbocycles. The van der Waals surface area contributed by atoms with Crippen LogP contribution in [0.15, 0.2) is 91.0 Å². The van der Waals surface area contributed by atoms with Crippen molar-refractivity contribution in [1.29, 1.82) is 0 Å². The third-order valence-electron chi connectivity index (χ3n) is 7.31. The van der Waals surface area contributed by atoms with E-state index in [1.54, 1.807) is 0 Å². The number of halogens is 1. The fraction of sp³-hybridized carbons (Fsp3) is 0.400. The van der Waals surface area contributed by atoms with Gasteiger partial charge in [-0.15, -0.1) is 0 Å². The van der Waals surface area contributed by atoms with Crippen LogP contribution in [0.2, 0.25) is 0 Å². The van der Waals surface area contributed by atoms with Crippen LogP contribution < -0.4 is 0 Å². The van der Waals surface area contributed by atoms with Crippen LogP contribution in [-0.2, 0) is 48.4 Å². The molecule has 10 heteroatoms. The third-order valence-corrected chi connectivity index (χ3v) is 8.08. The van der Waals surface area contributed by atoms with Gasteiger partial charge in [0.05, 0.1) is 6.61 Å². The maximum atomic E-state index is 12.4. The van der Waals surface area contributed by atoms with Gasteiger partial charge in [-0.3, -0.25) is 14.4 Å². The van der Waals surface area contributed by atoms with Crippen LogP contribution in [0.1, 0.15) is 50.3 Å². The summed E-state index contributed by atoms with van der Waals surface area (Å²) in [5.41, 5.74) is 1.49. The molecule has 0 aromatic heterocycles. The van der Waals surface area contributed by atoms with Crippen molar-refractivity contribution in [1.82, 2.24) is 0 Å². The summed E-state index contributed by atoms with van der Waals surface area (Å²) in [6.07, 6.45) is -4.02. The second-order valence-electron chi connectivity index (χ2n) is 10.6. The van der Waals surface area contributed by atoms with E-state index in [2.05, 4.69) is 22.6 Å². The molecule has 45 heavy (non-hydrogen) atoms. The minimum atomic E-state index is -1.22. The Kier molecular flexibility index (Phi) is 12.9. The number of esters is 3. The van der Waals surface area contributed by atoms with Crippen LogP contribution in [0.25, 0.3) is 0 Å². The average Bonchev–Trinajstić information content (AvgIpc) is 3.03. The van der Waals surface area contributed by atoms with Crippen LogP contribution in [0.5, 0.6) is 0 Å². The van der Waals surface area contributed by atoms with E-state index in [-0.39, 0.29) is 6.61 Å². The molecule has 1 fully saturated rings. The van der Waals surface area contributed by atoms with E-state index in [9.17, 15) is 14.4 Å². The first-order valence-electron chi connectivity index (χ1n) is 14.9. The van der Waals surface area contributed by atoms with Crippen molar-refractivity contribution in [2.75, 3.05) is 17.6 Å². The fourth-order valence-corrected chi connectivity index (χ4v) is 6.03. The van der Waals surface area contributed by atoms with Crippen molar-refractivity contribution in [3.63, 3.8) is 0 Å². The lowest BCUT2D eigenvalue weighted by atomic mass is 9.80. The van der Waals surface area contributed by atoms with Gasteiger partial charge in [0.25, 0.3) is 0 Å². The van der Waals surface area contributed by atoms with Crippen molar-refractivity contribution in [2.45, 2.75) is 69.9 Å². The van der Waals surface area contributed by atoms with E-state index in [1.165, 1.54) is 20.8 Å². The third kappa shape index (κ3) is 8.90. The monoisotopic (exact) mass is 730 g/mol. The molecule has 0 unspecified atom stereocenters. The number of unbranched alkanes of at least 4 members (excludes halogenated alkanes) is 1. The molecule has 3 aromatic rings. The molecule has 1 heterocycles. The van der Waals surface area contributed by atoms with E-state index < -0.39 is 54.2 Å². The number of carbonyl (C=O) groups excluding carboxylic acids is 3. The normalized spacial score (nSPS) is 21.5. The Labute approximate surface area is 277 Å². The molecule has 1 aliphatic heterocycles. The SMILES string of the molecule is CC(=O)O[C@@H]1[C@@H](OC(C)=O)[C@@H](OCCCCI)O[C@H](COC(c2ccccc2)(c2ccccc2)c2ccccc2)[C@H]1OC(C)=O. The molecule has 1 saturated heterocycles. The zero-order valence-corrected chi connectivity index (χ0v) is 27.8. The van der Waals surface area contributed by atoms with Gasteiger partial charge in [-0.05, 0) is 34.0 Å². The molecule has 0 amide bonds. The lowest BCUT2D eigenvalue weighted by Gasteiger charge is -2.45. The molecule has 0 N–H and O–H groups in total. The van der Waals surface area contributed by atoms with Crippen LogP contribution >= 0.6 is 22.6 Å². The first-order chi connectivity index (χ1) is 21.8. The molecule has 3 aromatic carbocycles. The lowest BCUT2D eigenvalue weighted by Crippen LogP contribution is -2.63. The number of benzene rings is 3. The Balaban J connectivity index is 1.79. The number of rotatable bonds is 14. The van der Waals surface area contributed by atoms with Crippen molar-refractivity contribution in [3.8, 4) is 0 Å². The van der Waals surface area contributed by atoms with Gasteiger partial charge in [-0.25, -0.2) is 0 Å². The highest BCUT2D eigenvalue weighted by Gasteiger charge is 2.53.